The minimum atomic E-state index is -0.141. The van der Waals surface area contributed by atoms with E-state index in [0.29, 0.717) is 24.0 Å². The summed E-state index contributed by atoms with van der Waals surface area (Å²) in [6, 6.07) is 14.9. The van der Waals surface area contributed by atoms with E-state index in [1.54, 1.807) is 18.3 Å². The number of aromatic nitrogens is 3. The van der Waals surface area contributed by atoms with Crippen LogP contribution < -0.4 is 5.32 Å². The highest BCUT2D eigenvalue weighted by Gasteiger charge is 2.10. The Balaban J connectivity index is 1.56. The first-order valence-electron chi connectivity index (χ1n) is 6.90. The van der Waals surface area contributed by atoms with Crippen molar-refractivity contribution in [2.45, 2.75) is 12.8 Å². The molecule has 6 heteroatoms. The van der Waals surface area contributed by atoms with Gasteiger partial charge in [0.15, 0.2) is 0 Å². The van der Waals surface area contributed by atoms with Crippen molar-refractivity contribution in [3.05, 3.63) is 60.6 Å². The number of hydrogen-bond donors (Lipinski definition) is 1. The molecule has 1 aromatic carbocycles. The van der Waals surface area contributed by atoms with Crippen LogP contribution in [-0.2, 0) is 11.2 Å². The van der Waals surface area contributed by atoms with Crippen LogP contribution in [0.3, 0.4) is 0 Å². The van der Waals surface area contributed by atoms with Crippen LogP contribution in [0.1, 0.15) is 12.3 Å². The van der Waals surface area contributed by atoms with E-state index in [4.69, 9.17) is 4.52 Å². The summed E-state index contributed by atoms with van der Waals surface area (Å²) in [4.78, 5) is 20.1. The standard InChI is InChI=1S/C16H14N4O2/c21-14(18-13-8-4-5-11-17-13)9-10-15-19-16(20-22-15)12-6-2-1-3-7-12/h1-8,11H,9-10H2,(H,17,18,21). The van der Waals surface area contributed by atoms with E-state index in [1.165, 1.54) is 0 Å². The minimum Gasteiger partial charge on any atom is -0.339 e. The molecule has 0 aliphatic rings. The van der Waals surface area contributed by atoms with Gasteiger partial charge in [0.2, 0.25) is 17.6 Å². The fourth-order valence-corrected chi connectivity index (χ4v) is 1.92. The Morgan fingerprint density at radius 3 is 2.68 bits per heavy atom. The fourth-order valence-electron chi connectivity index (χ4n) is 1.92. The quantitative estimate of drug-likeness (QED) is 0.782. The Morgan fingerprint density at radius 2 is 1.91 bits per heavy atom. The first-order valence-corrected chi connectivity index (χ1v) is 6.90. The summed E-state index contributed by atoms with van der Waals surface area (Å²) in [6.45, 7) is 0. The van der Waals surface area contributed by atoms with Crippen LogP contribution in [0.4, 0.5) is 5.82 Å². The van der Waals surface area contributed by atoms with E-state index in [2.05, 4.69) is 20.4 Å². The van der Waals surface area contributed by atoms with Gasteiger partial charge in [-0.05, 0) is 12.1 Å². The molecule has 3 aromatic rings. The summed E-state index contributed by atoms with van der Waals surface area (Å²) in [5.74, 6) is 1.36. The predicted octanol–water partition coefficient (Wildman–Crippen LogP) is 2.70. The molecule has 0 radical (unpaired) electrons. The van der Waals surface area contributed by atoms with Crippen LogP contribution in [0, 0.1) is 0 Å². The molecule has 0 saturated heterocycles. The van der Waals surface area contributed by atoms with Crippen molar-refractivity contribution in [2.75, 3.05) is 5.32 Å². The van der Waals surface area contributed by atoms with E-state index in [9.17, 15) is 4.79 Å². The molecule has 0 bridgehead atoms. The molecule has 0 aliphatic heterocycles. The largest absolute Gasteiger partial charge is 0.339 e. The summed E-state index contributed by atoms with van der Waals surface area (Å²) in [5.41, 5.74) is 0.885. The zero-order valence-electron chi connectivity index (χ0n) is 11.8. The number of carbonyl (C=O) groups excluding carboxylic acids is 1. The average Bonchev–Trinajstić information content (AvgIpc) is 3.04. The number of benzene rings is 1. The maximum Gasteiger partial charge on any atom is 0.227 e. The Hall–Kier alpha value is -3.02. The first-order chi connectivity index (χ1) is 10.8. The Kier molecular flexibility index (Phi) is 4.20. The van der Waals surface area contributed by atoms with Gasteiger partial charge in [0.25, 0.3) is 0 Å². The summed E-state index contributed by atoms with van der Waals surface area (Å²) < 4.78 is 5.16. The highest BCUT2D eigenvalue weighted by Crippen LogP contribution is 2.15. The maximum absolute atomic E-state index is 11.8. The lowest BCUT2D eigenvalue weighted by molar-refractivity contribution is -0.116. The lowest BCUT2D eigenvalue weighted by Gasteiger charge is -2.01. The second-order valence-corrected chi connectivity index (χ2v) is 4.64. The van der Waals surface area contributed by atoms with Gasteiger partial charge < -0.3 is 9.84 Å². The summed E-state index contributed by atoms with van der Waals surface area (Å²) >= 11 is 0. The molecule has 1 amide bonds. The first kappa shape index (κ1) is 13.9. The van der Waals surface area contributed by atoms with Crippen molar-refractivity contribution in [3.63, 3.8) is 0 Å². The van der Waals surface area contributed by atoms with Crippen molar-refractivity contribution in [2.24, 2.45) is 0 Å². The third-order valence-electron chi connectivity index (χ3n) is 3.00. The van der Waals surface area contributed by atoms with Gasteiger partial charge in [-0.3, -0.25) is 4.79 Å². The molecular formula is C16H14N4O2. The lowest BCUT2D eigenvalue weighted by atomic mass is 10.2. The fraction of sp³-hybridized carbons (Fsp3) is 0.125. The third-order valence-corrected chi connectivity index (χ3v) is 3.00. The van der Waals surface area contributed by atoms with Crippen molar-refractivity contribution < 1.29 is 9.32 Å². The number of amides is 1. The zero-order valence-corrected chi connectivity index (χ0v) is 11.8. The van der Waals surface area contributed by atoms with Gasteiger partial charge in [-0.25, -0.2) is 4.98 Å². The smallest absolute Gasteiger partial charge is 0.227 e. The van der Waals surface area contributed by atoms with Crippen LogP contribution in [-0.4, -0.2) is 21.0 Å². The molecule has 0 unspecified atom stereocenters. The van der Waals surface area contributed by atoms with Crippen LogP contribution in [0.25, 0.3) is 11.4 Å². The van der Waals surface area contributed by atoms with E-state index in [0.717, 1.165) is 5.56 Å². The van der Waals surface area contributed by atoms with Gasteiger partial charge in [-0.15, -0.1) is 0 Å². The zero-order chi connectivity index (χ0) is 15.2. The lowest BCUT2D eigenvalue weighted by Crippen LogP contribution is -2.13. The summed E-state index contributed by atoms with van der Waals surface area (Å²) in [6.07, 6.45) is 2.27. The van der Waals surface area contributed by atoms with Crippen LogP contribution >= 0.6 is 0 Å². The molecule has 1 N–H and O–H groups in total. The van der Waals surface area contributed by atoms with Crippen molar-refractivity contribution in [1.29, 1.82) is 0 Å². The molecule has 0 aliphatic carbocycles. The normalized spacial score (nSPS) is 10.4. The second kappa shape index (κ2) is 6.62. The van der Waals surface area contributed by atoms with Crippen molar-refractivity contribution in [3.8, 4) is 11.4 Å². The number of hydrogen-bond acceptors (Lipinski definition) is 5. The highest BCUT2D eigenvalue weighted by molar-refractivity contribution is 5.89. The molecule has 22 heavy (non-hydrogen) atoms. The number of nitrogens with zero attached hydrogens (tertiary/aromatic N) is 3. The topological polar surface area (TPSA) is 80.9 Å². The Bertz CT molecular complexity index is 741. The SMILES string of the molecule is O=C(CCc1nc(-c2ccccc2)no1)Nc1ccccn1. The van der Waals surface area contributed by atoms with Crippen LogP contribution in [0.15, 0.2) is 59.3 Å². The van der Waals surface area contributed by atoms with Crippen molar-refractivity contribution >= 4 is 11.7 Å². The van der Waals surface area contributed by atoms with Gasteiger partial charge in [0.1, 0.15) is 5.82 Å². The molecule has 0 saturated carbocycles. The monoisotopic (exact) mass is 294 g/mol. The van der Waals surface area contributed by atoms with E-state index < -0.39 is 0 Å². The Labute approximate surface area is 127 Å². The molecule has 0 fully saturated rings. The predicted molar refractivity (Wildman–Crippen MR) is 80.9 cm³/mol. The van der Waals surface area contributed by atoms with Gasteiger partial charge in [-0.2, -0.15) is 4.98 Å². The van der Waals surface area contributed by atoms with Gasteiger partial charge >= 0.3 is 0 Å². The van der Waals surface area contributed by atoms with E-state index in [1.807, 2.05) is 36.4 Å². The molecular weight excluding hydrogens is 280 g/mol. The minimum absolute atomic E-state index is 0.141. The molecule has 0 spiro atoms. The molecule has 0 atom stereocenters. The Morgan fingerprint density at radius 1 is 1.09 bits per heavy atom. The van der Waals surface area contributed by atoms with E-state index in [-0.39, 0.29) is 12.3 Å². The summed E-state index contributed by atoms with van der Waals surface area (Å²) in [5, 5.41) is 6.63. The van der Waals surface area contributed by atoms with Gasteiger partial charge in [-0.1, -0.05) is 41.6 Å². The van der Waals surface area contributed by atoms with Gasteiger partial charge in [0.05, 0.1) is 0 Å². The van der Waals surface area contributed by atoms with Crippen LogP contribution in [0.2, 0.25) is 0 Å². The highest BCUT2D eigenvalue weighted by atomic mass is 16.5. The van der Waals surface area contributed by atoms with Gasteiger partial charge in [0, 0.05) is 24.6 Å². The second-order valence-electron chi connectivity index (χ2n) is 4.64. The van der Waals surface area contributed by atoms with Crippen molar-refractivity contribution in [1.82, 2.24) is 15.1 Å². The number of aryl methyl sites for hydroxylation is 1. The van der Waals surface area contributed by atoms with Crippen LogP contribution in [0.5, 0.6) is 0 Å². The molecule has 2 heterocycles. The average molecular weight is 294 g/mol. The molecule has 6 nitrogen and oxygen atoms in total. The number of pyridine rings is 1. The molecule has 2 aromatic heterocycles. The number of anilines is 1. The third kappa shape index (κ3) is 3.54. The molecule has 3 rings (SSSR count). The number of carbonyl (C=O) groups is 1. The van der Waals surface area contributed by atoms with E-state index >= 15 is 0 Å². The molecule has 110 valence electrons. The number of nitrogens with one attached hydrogen (secondary N) is 1. The maximum atomic E-state index is 11.8. The summed E-state index contributed by atoms with van der Waals surface area (Å²) in [7, 11) is 0. The number of rotatable bonds is 5.